The van der Waals surface area contributed by atoms with Gasteiger partial charge in [0.25, 0.3) is 0 Å². The van der Waals surface area contributed by atoms with Gasteiger partial charge in [-0.1, -0.05) is 146 Å². The minimum Gasteiger partial charge on any atom is -0.454 e. The Morgan fingerprint density at radius 1 is 0.389 bits per heavy atom. The number of aromatic nitrogens is 4. The van der Waals surface area contributed by atoms with Crippen LogP contribution in [0.3, 0.4) is 0 Å². The van der Waals surface area contributed by atoms with E-state index in [0.29, 0.717) is 17.5 Å². The predicted octanol–water partition coefficient (Wildman–Crippen LogP) is 12.7. The van der Waals surface area contributed by atoms with Crippen molar-refractivity contribution in [3.8, 4) is 51.0 Å². The minimum absolute atomic E-state index is 0.585. The van der Waals surface area contributed by atoms with Gasteiger partial charge in [-0.25, -0.2) is 15.0 Å². The number of para-hydroxylation sites is 2. The summed E-state index contributed by atoms with van der Waals surface area (Å²) < 4.78 is 9.41. The van der Waals surface area contributed by atoms with E-state index in [2.05, 4.69) is 120 Å². The first-order chi connectivity index (χ1) is 26.8. The summed E-state index contributed by atoms with van der Waals surface area (Å²) in [6.45, 7) is 0. The third-order valence-electron chi connectivity index (χ3n) is 10.4. The molecule has 0 fully saturated rings. The van der Waals surface area contributed by atoms with Gasteiger partial charge in [-0.2, -0.15) is 0 Å². The Hall–Kier alpha value is -7.37. The van der Waals surface area contributed by atoms with Crippen LogP contribution in [0.1, 0.15) is 0 Å². The van der Waals surface area contributed by atoms with E-state index in [-0.39, 0.29) is 0 Å². The molecule has 0 radical (unpaired) electrons. The highest BCUT2D eigenvalue weighted by molar-refractivity contribution is 6.17. The first kappa shape index (κ1) is 30.3. The van der Waals surface area contributed by atoms with Gasteiger partial charge in [0.15, 0.2) is 23.1 Å². The summed E-state index contributed by atoms with van der Waals surface area (Å²) in [4.78, 5) is 15.4. The Morgan fingerprint density at radius 2 is 0.963 bits per heavy atom. The highest BCUT2D eigenvalue weighted by atomic mass is 16.3. The molecule has 8 aromatic carbocycles. The Bertz CT molecular complexity index is 3140. The maximum atomic E-state index is 7.05. The molecule has 0 unspecified atom stereocenters. The first-order valence-corrected chi connectivity index (χ1v) is 18.1. The molecule has 0 spiro atoms. The Labute approximate surface area is 310 Å². The number of nitrogens with zero attached hydrogens (tertiary/aromatic N) is 4. The molecule has 0 saturated heterocycles. The zero-order valence-corrected chi connectivity index (χ0v) is 29.0. The lowest BCUT2D eigenvalue weighted by atomic mass is 9.98. The van der Waals surface area contributed by atoms with E-state index in [0.717, 1.165) is 66.5 Å². The van der Waals surface area contributed by atoms with Crippen molar-refractivity contribution in [2.45, 2.75) is 0 Å². The second kappa shape index (κ2) is 12.1. The molecule has 11 rings (SSSR count). The molecule has 0 saturated carbocycles. The smallest absolute Gasteiger partial charge is 0.164 e. The van der Waals surface area contributed by atoms with Crippen LogP contribution in [0.15, 0.2) is 186 Å². The van der Waals surface area contributed by atoms with E-state index in [1.165, 1.54) is 21.5 Å². The molecule has 3 heterocycles. The Morgan fingerprint density at radius 3 is 1.67 bits per heavy atom. The molecule has 0 N–H and O–H groups in total. The molecular weight excluding hydrogens is 661 g/mol. The molecule has 5 heteroatoms. The third kappa shape index (κ3) is 4.83. The number of hydrogen-bond acceptors (Lipinski definition) is 4. The summed E-state index contributed by atoms with van der Waals surface area (Å²) in [6.07, 6.45) is 0. The first-order valence-electron chi connectivity index (χ1n) is 18.1. The average molecular weight is 691 g/mol. The summed E-state index contributed by atoms with van der Waals surface area (Å²) >= 11 is 0. The summed E-state index contributed by atoms with van der Waals surface area (Å²) in [6, 6.07) is 63.2. The van der Waals surface area contributed by atoms with Crippen LogP contribution in [0.25, 0.3) is 105 Å². The van der Waals surface area contributed by atoms with Gasteiger partial charge in [0.05, 0.1) is 16.7 Å². The molecule has 54 heavy (non-hydrogen) atoms. The SMILES string of the molecule is c1ccc(-c2cc(-c3nc(-c4ccccc4)nc(-c4ccccc4)n3)c3c(c2)oc2c(-n4c5ccccc5c5cc6ccccc6cc54)cccc23)cc1. The van der Waals surface area contributed by atoms with Crippen LogP contribution in [-0.4, -0.2) is 19.5 Å². The normalized spacial score (nSPS) is 11.7. The van der Waals surface area contributed by atoms with Crippen molar-refractivity contribution in [1.82, 2.24) is 19.5 Å². The highest BCUT2D eigenvalue weighted by Gasteiger charge is 2.23. The van der Waals surface area contributed by atoms with E-state index in [1.807, 2.05) is 66.7 Å². The fraction of sp³-hybridized carbons (Fsp3) is 0. The molecule has 0 bridgehead atoms. The molecule has 0 amide bonds. The second-order valence-electron chi connectivity index (χ2n) is 13.6. The van der Waals surface area contributed by atoms with E-state index in [1.54, 1.807) is 0 Å². The summed E-state index contributed by atoms with van der Waals surface area (Å²) in [5, 5.41) is 6.77. The van der Waals surface area contributed by atoms with Crippen LogP contribution in [0.4, 0.5) is 0 Å². The van der Waals surface area contributed by atoms with Crippen LogP contribution >= 0.6 is 0 Å². The molecule has 0 aliphatic carbocycles. The van der Waals surface area contributed by atoms with Crippen molar-refractivity contribution in [2.24, 2.45) is 0 Å². The van der Waals surface area contributed by atoms with Crippen molar-refractivity contribution >= 4 is 54.5 Å². The Kier molecular flexibility index (Phi) is 6.79. The van der Waals surface area contributed by atoms with Gasteiger partial charge in [-0.05, 0) is 58.3 Å². The lowest BCUT2D eigenvalue weighted by Crippen LogP contribution is -2.00. The zero-order chi connectivity index (χ0) is 35.6. The van der Waals surface area contributed by atoms with Gasteiger partial charge < -0.3 is 8.98 Å². The summed E-state index contributed by atoms with van der Waals surface area (Å²) in [5.74, 6) is 1.81. The third-order valence-corrected chi connectivity index (χ3v) is 10.4. The van der Waals surface area contributed by atoms with Gasteiger partial charge >= 0.3 is 0 Å². The van der Waals surface area contributed by atoms with Crippen molar-refractivity contribution in [1.29, 1.82) is 0 Å². The lowest BCUT2D eigenvalue weighted by Gasteiger charge is -2.11. The fourth-order valence-corrected chi connectivity index (χ4v) is 7.91. The molecule has 0 aliphatic heterocycles. The molecule has 0 atom stereocenters. The maximum absolute atomic E-state index is 7.05. The van der Waals surface area contributed by atoms with Crippen LogP contribution in [0, 0.1) is 0 Å². The molecular formula is C49H30N4O. The standard InChI is InChI=1S/C49H30N4O/c1-4-15-31(16-5-1)36-28-40(49-51-47(32-17-6-2-7-18-32)50-48(52-49)33-19-8-3-9-20-33)45-38-24-14-26-42(46(38)54-44(45)30-36)53-41-25-13-12-23-37(41)39-27-34-21-10-11-22-35(34)29-43(39)53/h1-30H. The Balaban J connectivity index is 1.23. The summed E-state index contributed by atoms with van der Waals surface area (Å²) in [7, 11) is 0. The number of furan rings is 1. The number of rotatable bonds is 5. The van der Waals surface area contributed by atoms with Gasteiger partial charge in [-0.15, -0.1) is 0 Å². The van der Waals surface area contributed by atoms with Crippen molar-refractivity contribution in [3.05, 3.63) is 182 Å². The van der Waals surface area contributed by atoms with Gasteiger partial charge in [0.2, 0.25) is 0 Å². The van der Waals surface area contributed by atoms with Crippen LogP contribution < -0.4 is 0 Å². The predicted molar refractivity (Wildman–Crippen MR) is 221 cm³/mol. The van der Waals surface area contributed by atoms with Crippen LogP contribution in [-0.2, 0) is 0 Å². The van der Waals surface area contributed by atoms with E-state index >= 15 is 0 Å². The van der Waals surface area contributed by atoms with Crippen molar-refractivity contribution in [2.75, 3.05) is 0 Å². The highest BCUT2D eigenvalue weighted by Crippen LogP contribution is 2.43. The summed E-state index contributed by atoms with van der Waals surface area (Å²) in [5.41, 5.74) is 9.62. The lowest BCUT2D eigenvalue weighted by molar-refractivity contribution is 0.666. The second-order valence-corrected chi connectivity index (χ2v) is 13.6. The number of benzene rings is 8. The van der Waals surface area contributed by atoms with Gasteiger partial charge in [0, 0.05) is 38.2 Å². The van der Waals surface area contributed by atoms with Gasteiger partial charge in [-0.3, -0.25) is 0 Å². The van der Waals surface area contributed by atoms with E-state index in [4.69, 9.17) is 19.4 Å². The zero-order valence-electron chi connectivity index (χ0n) is 29.0. The van der Waals surface area contributed by atoms with E-state index < -0.39 is 0 Å². The minimum atomic E-state index is 0.585. The maximum Gasteiger partial charge on any atom is 0.164 e. The number of hydrogen-bond donors (Lipinski definition) is 0. The fourth-order valence-electron chi connectivity index (χ4n) is 7.91. The van der Waals surface area contributed by atoms with Crippen LogP contribution in [0.5, 0.6) is 0 Å². The largest absolute Gasteiger partial charge is 0.454 e. The molecule has 11 aromatic rings. The van der Waals surface area contributed by atoms with Crippen molar-refractivity contribution < 1.29 is 4.42 Å². The monoisotopic (exact) mass is 690 g/mol. The molecule has 3 aromatic heterocycles. The average Bonchev–Trinajstić information content (AvgIpc) is 3.79. The molecule has 252 valence electrons. The van der Waals surface area contributed by atoms with Crippen molar-refractivity contribution in [3.63, 3.8) is 0 Å². The van der Waals surface area contributed by atoms with Crippen LogP contribution in [0.2, 0.25) is 0 Å². The quantitative estimate of drug-likeness (QED) is 0.180. The molecule has 5 nitrogen and oxygen atoms in total. The van der Waals surface area contributed by atoms with Gasteiger partial charge in [0.1, 0.15) is 5.58 Å². The number of fused-ring (bicyclic) bond motifs is 7. The van der Waals surface area contributed by atoms with E-state index in [9.17, 15) is 0 Å². The molecule has 0 aliphatic rings. The topological polar surface area (TPSA) is 56.7 Å².